The molecule has 1 saturated heterocycles. The van der Waals surface area contributed by atoms with Crippen LogP contribution < -0.4 is 19.7 Å². The Kier molecular flexibility index (Phi) is 9.39. The molecule has 0 saturated carbocycles. The maximum Gasteiger partial charge on any atom is 0.231 e. The van der Waals surface area contributed by atoms with Crippen LogP contribution in [0.15, 0.2) is 30.5 Å². The standard InChI is InChI=1S/C30H47N5O4Si2/c1-40(2,3)14-12-36-20-34(21-37-13-15-41(4,5)6)29-17-26(24-8-7-11-31-18-24)33-30-25(19-32-35(29)30)23-9-10-27-28(16-23)39-22-38-27/h9-10,16-17,19,24,31H,7-8,11-15,18,20-22H2,1-6H3. The lowest BCUT2D eigenvalue weighted by molar-refractivity contribution is 0.0942. The Labute approximate surface area is 246 Å². The minimum Gasteiger partial charge on any atom is -0.454 e. The van der Waals surface area contributed by atoms with Crippen LogP contribution in [0.3, 0.4) is 0 Å². The molecule has 0 radical (unpaired) electrons. The fourth-order valence-corrected chi connectivity index (χ4v) is 6.56. The average Bonchev–Trinajstić information content (AvgIpc) is 3.58. The average molecular weight is 598 g/mol. The van der Waals surface area contributed by atoms with Crippen molar-refractivity contribution in [2.24, 2.45) is 0 Å². The summed E-state index contributed by atoms with van der Waals surface area (Å²) in [6, 6.07) is 10.5. The predicted molar refractivity (Wildman–Crippen MR) is 170 cm³/mol. The summed E-state index contributed by atoms with van der Waals surface area (Å²) in [7, 11) is -2.40. The van der Waals surface area contributed by atoms with Crippen LogP contribution in [0.5, 0.6) is 11.5 Å². The van der Waals surface area contributed by atoms with E-state index in [0.717, 1.165) is 91.0 Å². The lowest BCUT2D eigenvalue weighted by Gasteiger charge is -2.28. The predicted octanol–water partition coefficient (Wildman–Crippen LogP) is 6.02. The van der Waals surface area contributed by atoms with Crippen molar-refractivity contribution < 1.29 is 18.9 Å². The first kappa shape index (κ1) is 30.0. The van der Waals surface area contributed by atoms with Crippen molar-refractivity contribution in [3.63, 3.8) is 0 Å². The lowest BCUT2D eigenvalue weighted by atomic mass is 9.95. The summed E-state index contributed by atoms with van der Waals surface area (Å²) < 4.78 is 25.7. The number of rotatable bonds is 13. The number of nitrogens with zero attached hydrogens (tertiary/aromatic N) is 4. The maximum absolute atomic E-state index is 6.29. The van der Waals surface area contributed by atoms with Gasteiger partial charge in [-0.1, -0.05) is 45.3 Å². The summed E-state index contributed by atoms with van der Waals surface area (Å²) in [5.74, 6) is 2.81. The van der Waals surface area contributed by atoms with Crippen molar-refractivity contribution in [2.45, 2.75) is 70.1 Å². The molecule has 3 aromatic rings. The summed E-state index contributed by atoms with van der Waals surface area (Å²) in [5, 5.41) is 8.42. The molecule has 0 aliphatic carbocycles. The molecule has 2 aromatic heterocycles. The molecule has 0 amide bonds. The van der Waals surface area contributed by atoms with E-state index in [0.29, 0.717) is 19.4 Å². The van der Waals surface area contributed by atoms with Gasteiger partial charge in [0, 0.05) is 53.5 Å². The van der Waals surface area contributed by atoms with Gasteiger partial charge in [0.1, 0.15) is 19.3 Å². The van der Waals surface area contributed by atoms with Gasteiger partial charge in [0.05, 0.1) is 11.9 Å². The van der Waals surface area contributed by atoms with Crippen LogP contribution in [-0.4, -0.2) is 77.3 Å². The zero-order valence-electron chi connectivity index (χ0n) is 25.7. The number of anilines is 1. The molecule has 4 heterocycles. The molecule has 1 aromatic carbocycles. The second-order valence-corrected chi connectivity index (χ2v) is 24.9. The molecule has 1 atom stereocenters. The van der Waals surface area contributed by atoms with Gasteiger partial charge in [-0.2, -0.15) is 9.61 Å². The summed E-state index contributed by atoms with van der Waals surface area (Å²) in [4.78, 5) is 7.40. The molecular formula is C30H47N5O4Si2. The fourth-order valence-electron chi connectivity index (χ4n) is 5.05. The topological polar surface area (TPSA) is 82.4 Å². The highest BCUT2D eigenvalue weighted by Crippen LogP contribution is 2.38. The van der Waals surface area contributed by atoms with E-state index in [9.17, 15) is 0 Å². The molecule has 1 N–H and O–H groups in total. The van der Waals surface area contributed by atoms with Gasteiger partial charge in [-0.05, 0) is 49.2 Å². The zero-order chi connectivity index (χ0) is 29.0. The Morgan fingerprint density at radius 3 is 2.34 bits per heavy atom. The molecule has 0 bridgehead atoms. The highest BCUT2D eigenvalue weighted by Gasteiger charge is 2.24. The van der Waals surface area contributed by atoms with Crippen molar-refractivity contribution in [3.8, 4) is 22.6 Å². The SMILES string of the molecule is C[Si](C)(C)CCOCN(COCC[Si](C)(C)C)c1cc(C2CCCNC2)nc2c(-c3ccc4c(c3)OCO4)cnn12. The molecule has 1 unspecified atom stereocenters. The normalized spacial score (nSPS) is 17.4. The maximum atomic E-state index is 6.29. The molecular weight excluding hydrogens is 551 g/mol. The Bertz CT molecular complexity index is 1290. The van der Waals surface area contributed by atoms with Crippen LogP contribution in [0, 0.1) is 0 Å². The van der Waals surface area contributed by atoms with Crippen molar-refractivity contribution in [1.29, 1.82) is 0 Å². The third-order valence-electron chi connectivity index (χ3n) is 7.68. The molecule has 11 heteroatoms. The summed E-state index contributed by atoms with van der Waals surface area (Å²) >= 11 is 0. The van der Waals surface area contributed by atoms with Crippen molar-refractivity contribution in [3.05, 3.63) is 36.2 Å². The molecule has 2 aliphatic rings. The Hall–Kier alpha value is -2.45. The molecule has 224 valence electrons. The number of piperidine rings is 1. The lowest BCUT2D eigenvalue weighted by Crippen LogP contribution is -2.34. The van der Waals surface area contributed by atoms with E-state index in [1.807, 2.05) is 22.8 Å². The van der Waals surface area contributed by atoms with Gasteiger partial charge in [0.2, 0.25) is 6.79 Å². The number of hydrogen-bond donors (Lipinski definition) is 1. The van der Waals surface area contributed by atoms with Gasteiger partial charge >= 0.3 is 0 Å². The van der Waals surface area contributed by atoms with Crippen molar-refractivity contribution >= 4 is 27.6 Å². The van der Waals surface area contributed by atoms with E-state index in [2.05, 4.69) is 61.6 Å². The molecule has 1 fully saturated rings. The van der Waals surface area contributed by atoms with Gasteiger partial charge in [-0.25, -0.2) is 4.98 Å². The molecule has 9 nitrogen and oxygen atoms in total. The van der Waals surface area contributed by atoms with Gasteiger partial charge < -0.3 is 29.2 Å². The van der Waals surface area contributed by atoms with E-state index in [-0.39, 0.29) is 6.79 Å². The van der Waals surface area contributed by atoms with E-state index in [1.165, 1.54) is 0 Å². The van der Waals surface area contributed by atoms with E-state index in [4.69, 9.17) is 29.0 Å². The van der Waals surface area contributed by atoms with E-state index >= 15 is 0 Å². The van der Waals surface area contributed by atoms with E-state index < -0.39 is 16.1 Å². The Morgan fingerprint density at radius 2 is 1.68 bits per heavy atom. The van der Waals surface area contributed by atoms with E-state index in [1.54, 1.807) is 0 Å². The first-order valence-corrected chi connectivity index (χ1v) is 22.4. The first-order valence-electron chi connectivity index (χ1n) is 15.0. The molecule has 41 heavy (non-hydrogen) atoms. The third-order valence-corrected chi connectivity index (χ3v) is 11.1. The summed E-state index contributed by atoms with van der Waals surface area (Å²) in [6.07, 6.45) is 4.16. The third kappa shape index (κ3) is 7.89. The molecule has 5 rings (SSSR count). The second-order valence-electron chi connectivity index (χ2n) is 13.7. The molecule has 2 aliphatic heterocycles. The number of aromatic nitrogens is 3. The Morgan fingerprint density at radius 1 is 0.976 bits per heavy atom. The van der Waals surface area contributed by atoms with Crippen molar-refractivity contribution in [1.82, 2.24) is 19.9 Å². The zero-order valence-corrected chi connectivity index (χ0v) is 27.7. The van der Waals surface area contributed by atoms with Crippen LogP contribution in [0.25, 0.3) is 16.8 Å². The smallest absolute Gasteiger partial charge is 0.231 e. The van der Waals surface area contributed by atoms with Gasteiger partial charge in [-0.15, -0.1) is 0 Å². The number of fused-ring (bicyclic) bond motifs is 2. The van der Waals surface area contributed by atoms with Crippen LogP contribution in [0.1, 0.15) is 24.5 Å². The highest BCUT2D eigenvalue weighted by atomic mass is 28.3. The van der Waals surface area contributed by atoms with Gasteiger partial charge in [-0.3, -0.25) is 0 Å². The Balaban J connectivity index is 1.50. The second kappa shape index (κ2) is 12.8. The van der Waals surface area contributed by atoms with Crippen LogP contribution >= 0.6 is 0 Å². The molecule has 0 spiro atoms. The van der Waals surface area contributed by atoms with Gasteiger partial charge in [0.15, 0.2) is 17.1 Å². The first-order chi connectivity index (χ1) is 19.6. The largest absolute Gasteiger partial charge is 0.454 e. The quantitative estimate of drug-likeness (QED) is 0.145. The summed E-state index contributed by atoms with van der Waals surface area (Å²) in [5.41, 5.74) is 3.88. The van der Waals surface area contributed by atoms with Crippen molar-refractivity contribution in [2.75, 3.05) is 51.5 Å². The minimum absolute atomic E-state index is 0.249. The van der Waals surface area contributed by atoms with Crippen LogP contribution in [0.4, 0.5) is 5.82 Å². The summed E-state index contributed by atoms with van der Waals surface area (Å²) in [6.45, 7) is 18.9. The van der Waals surface area contributed by atoms with Gasteiger partial charge in [0.25, 0.3) is 0 Å². The monoisotopic (exact) mass is 597 g/mol. The number of ether oxygens (including phenoxy) is 4. The van der Waals surface area contributed by atoms with Crippen LogP contribution in [-0.2, 0) is 9.47 Å². The van der Waals surface area contributed by atoms with Crippen LogP contribution in [0.2, 0.25) is 51.4 Å². The highest BCUT2D eigenvalue weighted by molar-refractivity contribution is 6.76. The number of benzene rings is 1. The number of nitrogens with one attached hydrogen (secondary N) is 1. The number of hydrogen-bond acceptors (Lipinski definition) is 8. The fraction of sp³-hybridized carbons (Fsp3) is 0.600. The minimum atomic E-state index is -1.20.